The van der Waals surface area contributed by atoms with E-state index in [9.17, 15) is 9.18 Å². The highest BCUT2D eigenvalue weighted by molar-refractivity contribution is 9.10. The maximum atomic E-state index is 12.9. The molecule has 0 N–H and O–H groups in total. The molecule has 0 fully saturated rings. The number of nitrogens with zero attached hydrogens (tertiary/aromatic N) is 3. The zero-order chi connectivity index (χ0) is 11.7. The largest absolute Gasteiger partial charge is 0.461 e. The van der Waals surface area contributed by atoms with Crippen molar-refractivity contribution in [2.75, 3.05) is 6.61 Å². The second-order valence-electron chi connectivity index (χ2n) is 2.92. The van der Waals surface area contributed by atoms with Gasteiger partial charge >= 0.3 is 5.97 Å². The van der Waals surface area contributed by atoms with Crippen molar-refractivity contribution in [3.05, 3.63) is 28.4 Å². The van der Waals surface area contributed by atoms with E-state index in [0.29, 0.717) is 10.1 Å². The summed E-state index contributed by atoms with van der Waals surface area (Å²) in [6.45, 7) is 1.94. The molecule has 0 bridgehead atoms. The Morgan fingerprint density at radius 1 is 1.69 bits per heavy atom. The number of esters is 1. The van der Waals surface area contributed by atoms with E-state index in [1.807, 2.05) is 0 Å². The van der Waals surface area contributed by atoms with Crippen LogP contribution < -0.4 is 0 Å². The maximum absolute atomic E-state index is 12.9. The van der Waals surface area contributed by atoms with Crippen LogP contribution in [0.15, 0.2) is 16.9 Å². The van der Waals surface area contributed by atoms with Crippen molar-refractivity contribution in [3.63, 3.8) is 0 Å². The SMILES string of the molecule is CCOC(=O)c1nn2cc(F)cnc2c1Br. The third-order valence-corrected chi connectivity index (χ3v) is 2.58. The van der Waals surface area contributed by atoms with Crippen molar-refractivity contribution in [2.45, 2.75) is 6.92 Å². The highest BCUT2D eigenvalue weighted by Crippen LogP contribution is 2.21. The van der Waals surface area contributed by atoms with Gasteiger partial charge in [0, 0.05) is 0 Å². The van der Waals surface area contributed by atoms with Crippen LogP contribution in [-0.4, -0.2) is 27.2 Å². The summed E-state index contributed by atoms with van der Waals surface area (Å²) in [5.74, 6) is -1.10. The minimum Gasteiger partial charge on any atom is -0.461 e. The lowest BCUT2D eigenvalue weighted by molar-refractivity contribution is 0.0518. The molecule has 2 heterocycles. The van der Waals surface area contributed by atoms with Crippen LogP contribution in [-0.2, 0) is 4.74 Å². The molecule has 0 unspecified atom stereocenters. The topological polar surface area (TPSA) is 56.5 Å². The van der Waals surface area contributed by atoms with Gasteiger partial charge in [-0.3, -0.25) is 0 Å². The first-order valence-corrected chi connectivity index (χ1v) is 5.29. The molecule has 7 heteroatoms. The Bertz CT molecular complexity index is 555. The van der Waals surface area contributed by atoms with Crippen molar-refractivity contribution < 1.29 is 13.9 Å². The van der Waals surface area contributed by atoms with Crippen LogP contribution in [0.5, 0.6) is 0 Å². The third kappa shape index (κ3) is 1.78. The Balaban J connectivity index is 2.55. The van der Waals surface area contributed by atoms with Crippen LogP contribution in [0.3, 0.4) is 0 Å². The molecule has 0 amide bonds. The van der Waals surface area contributed by atoms with Gasteiger partial charge in [-0.15, -0.1) is 0 Å². The molecular weight excluding hydrogens is 281 g/mol. The first kappa shape index (κ1) is 11.0. The average Bonchev–Trinajstić information content (AvgIpc) is 2.56. The molecule has 0 spiro atoms. The molecule has 0 saturated heterocycles. The standard InChI is InChI=1S/C9H7BrFN3O2/c1-2-16-9(15)7-6(10)8-12-3-5(11)4-14(8)13-7/h3-4H,2H2,1H3. The molecule has 2 aromatic rings. The Labute approximate surface area is 98.4 Å². The van der Waals surface area contributed by atoms with Gasteiger partial charge in [-0.1, -0.05) is 0 Å². The molecule has 84 valence electrons. The molecule has 2 rings (SSSR count). The predicted molar refractivity (Wildman–Crippen MR) is 56.6 cm³/mol. The highest BCUT2D eigenvalue weighted by atomic mass is 79.9. The lowest BCUT2D eigenvalue weighted by Gasteiger charge is -1.96. The van der Waals surface area contributed by atoms with Crippen LogP contribution in [0.4, 0.5) is 4.39 Å². The van der Waals surface area contributed by atoms with Crippen molar-refractivity contribution in [1.29, 1.82) is 0 Å². The number of hydrogen-bond acceptors (Lipinski definition) is 4. The number of carbonyl (C=O) groups is 1. The van der Waals surface area contributed by atoms with Crippen LogP contribution in [0.1, 0.15) is 17.4 Å². The van der Waals surface area contributed by atoms with E-state index in [1.165, 1.54) is 4.52 Å². The van der Waals surface area contributed by atoms with Crippen LogP contribution in [0.25, 0.3) is 5.65 Å². The fraction of sp³-hybridized carbons (Fsp3) is 0.222. The Kier molecular flexibility index (Phi) is 2.86. The number of rotatable bonds is 2. The summed E-state index contributed by atoms with van der Waals surface area (Å²) in [6.07, 6.45) is 2.19. The molecule has 0 aliphatic carbocycles. The lowest BCUT2D eigenvalue weighted by Crippen LogP contribution is -2.06. The summed E-state index contributed by atoms with van der Waals surface area (Å²) < 4.78 is 19.3. The molecule has 0 saturated carbocycles. The summed E-state index contributed by atoms with van der Waals surface area (Å²) in [6, 6.07) is 0. The number of carbonyl (C=O) groups excluding carboxylic acids is 1. The number of ether oxygens (including phenoxy) is 1. The van der Waals surface area contributed by atoms with E-state index in [0.717, 1.165) is 12.4 Å². The van der Waals surface area contributed by atoms with Gasteiger partial charge in [0.2, 0.25) is 0 Å². The van der Waals surface area contributed by atoms with E-state index < -0.39 is 11.8 Å². The molecule has 5 nitrogen and oxygen atoms in total. The molecule has 2 aromatic heterocycles. The van der Waals surface area contributed by atoms with Gasteiger partial charge in [-0.05, 0) is 22.9 Å². The zero-order valence-corrected chi connectivity index (χ0v) is 9.86. The predicted octanol–water partition coefficient (Wildman–Crippen LogP) is 1.81. The summed E-state index contributed by atoms with van der Waals surface area (Å²) in [4.78, 5) is 15.3. The molecule has 0 radical (unpaired) electrons. The van der Waals surface area contributed by atoms with Gasteiger partial charge < -0.3 is 4.74 Å². The van der Waals surface area contributed by atoms with Gasteiger partial charge in [0.05, 0.1) is 23.5 Å². The summed E-state index contributed by atoms with van der Waals surface area (Å²) in [5, 5.41) is 3.88. The van der Waals surface area contributed by atoms with Crippen molar-refractivity contribution in [1.82, 2.24) is 14.6 Å². The van der Waals surface area contributed by atoms with Gasteiger partial charge in [0.1, 0.15) is 0 Å². The maximum Gasteiger partial charge on any atom is 0.360 e. The minimum absolute atomic E-state index is 0.0833. The Morgan fingerprint density at radius 2 is 2.44 bits per heavy atom. The zero-order valence-electron chi connectivity index (χ0n) is 8.28. The van der Waals surface area contributed by atoms with Crippen LogP contribution in [0.2, 0.25) is 0 Å². The van der Waals surface area contributed by atoms with E-state index >= 15 is 0 Å². The van der Waals surface area contributed by atoms with E-state index in [2.05, 4.69) is 26.0 Å². The molecule has 0 aromatic carbocycles. The van der Waals surface area contributed by atoms with Crippen LogP contribution >= 0.6 is 15.9 Å². The number of fused-ring (bicyclic) bond motifs is 1. The smallest absolute Gasteiger partial charge is 0.360 e. The van der Waals surface area contributed by atoms with Gasteiger partial charge in [0.15, 0.2) is 17.2 Å². The molecular formula is C9H7BrFN3O2. The Hall–Kier alpha value is -1.50. The fourth-order valence-corrected chi connectivity index (χ4v) is 1.74. The lowest BCUT2D eigenvalue weighted by atomic mass is 10.4. The van der Waals surface area contributed by atoms with Gasteiger partial charge in [-0.2, -0.15) is 5.10 Å². The van der Waals surface area contributed by atoms with Gasteiger partial charge in [-0.25, -0.2) is 18.7 Å². The minimum atomic E-state index is -0.569. The van der Waals surface area contributed by atoms with E-state index in [4.69, 9.17) is 4.74 Å². The van der Waals surface area contributed by atoms with Crippen molar-refractivity contribution >= 4 is 27.5 Å². The van der Waals surface area contributed by atoms with Crippen molar-refractivity contribution in [3.8, 4) is 0 Å². The first-order chi connectivity index (χ1) is 7.63. The molecule has 0 aliphatic heterocycles. The third-order valence-electron chi connectivity index (χ3n) is 1.85. The first-order valence-electron chi connectivity index (χ1n) is 4.50. The number of hydrogen-bond donors (Lipinski definition) is 0. The Morgan fingerprint density at radius 3 is 3.12 bits per heavy atom. The number of aromatic nitrogens is 3. The average molecular weight is 288 g/mol. The monoisotopic (exact) mass is 287 g/mol. The van der Waals surface area contributed by atoms with Crippen molar-refractivity contribution in [2.24, 2.45) is 0 Å². The molecule has 0 aliphatic rings. The summed E-state index contributed by atoms with van der Waals surface area (Å²) >= 11 is 3.18. The van der Waals surface area contributed by atoms with Crippen LogP contribution in [0, 0.1) is 5.82 Å². The second kappa shape index (κ2) is 4.17. The second-order valence-corrected chi connectivity index (χ2v) is 3.72. The van der Waals surface area contributed by atoms with Gasteiger partial charge in [0.25, 0.3) is 0 Å². The molecule has 16 heavy (non-hydrogen) atoms. The number of halogens is 2. The quantitative estimate of drug-likeness (QED) is 0.791. The highest BCUT2D eigenvalue weighted by Gasteiger charge is 2.19. The summed E-state index contributed by atoms with van der Waals surface area (Å²) in [7, 11) is 0. The normalized spacial score (nSPS) is 10.7. The summed E-state index contributed by atoms with van der Waals surface area (Å²) in [5.41, 5.74) is 0.449. The van der Waals surface area contributed by atoms with E-state index in [-0.39, 0.29) is 12.3 Å². The van der Waals surface area contributed by atoms with E-state index in [1.54, 1.807) is 6.92 Å². The molecule has 0 atom stereocenters. The fourth-order valence-electron chi connectivity index (χ4n) is 1.21.